The van der Waals surface area contributed by atoms with E-state index in [9.17, 15) is 8.42 Å². The van der Waals surface area contributed by atoms with Crippen LogP contribution < -0.4 is 5.32 Å². The molecule has 0 saturated carbocycles. The van der Waals surface area contributed by atoms with Crippen LogP contribution in [0.4, 0.5) is 0 Å². The monoisotopic (exact) mass is 248 g/mol. The fraction of sp³-hybridized carbons (Fsp3) is 1.00. The first-order valence-electron chi connectivity index (χ1n) is 5.97. The molecule has 94 valence electrons. The largest absolute Gasteiger partial charge is 0.381 e. The molecule has 0 unspecified atom stereocenters. The lowest BCUT2D eigenvalue weighted by Gasteiger charge is -2.24. The smallest absolute Gasteiger partial charge is 0.214 e. The van der Waals surface area contributed by atoms with E-state index in [1.54, 1.807) is 4.31 Å². The first kappa shape index (κ1) is 12.3. The van der Waals surface area contributed by atoms with Crippen LogP contribution in [0.1, 0.15) is 19.3 Å². The van der Waals surface area contributed by atoms with E-state index >= 15 is 0 Å². The van der Waals surface area contributed by atoms with E-state index in [0.717, 1.165) is 39.0 Å². The Morgan fingerprint density at radius 1 is 1.31 bits per heavy atom. The summed E-state index contributed by atoms with van der Waals surface area (Å²) in [7, 11) is -2.92. The average molecular weight is 248 g/mol. The van der Waals surface area contributed by atoms with Crippen LogP contribution in [0.2, 0.25) is 0 Å². The third kappa shape index (κ3) is 3.16. The van der Waals surface area contributed by atoms with Crippen molar-refractivity contribution in [2.45, 2.75) is 25.3 Å². The number of ether oxygens (including phenoxy) is 1. The summed E-state index contributed by atoms with van der Waals surface area (Å²) in [5.41, 5.74) is 0. The first-order valence-corrected chi connectivity index (χ1v) is 7.58. The molecule has 2 fully saturated rings. The van der Waals surface area contributed by atoms with Crippen LogP contribution in [0.3, 0.4) is 0 Å². The Labute approximate surface area is 97.2 Å². The number of nitrogens with one attached hydrogen (secondary N) is 1. The highest BCUT2D eigenvalue weighted by Crippen LogP contribution is 2.12. The summed E-state index contributed by atoms with van der Waals surface area (Å²) in [6, 6.07) is 0.499. The quantitative estimate of drug-likeness (QED) is 0.748. The third-order valence-electron chi connectivity index (χ3n) is 3.22. The SMILES string of the molecule is O=S1(=O)CCCN1CCNC1CCOCC1. The summed E-state index contributed by atoms with van der Waals surface area (Å²) in [5.74, 6) is 0.324. The lowest BCUT2D eigenvalue weighted by Crippen LogP contribution is -2.40. The fourth-order valence-electron chi connectivity index (χ4n) is 2.24. The Hall–Kier alpha value is -0.170. The van der Waals surface area contributed by atoms with E-state index in [0.29, 0.717) is 24.9 Å². The van der Waals surface area contributed by atoms with Crippen LogP contribution in [0.15, 0.2) is 0 Å². The average Bonchev–Trinajstić information content (AvgIpc) is 2.60. The molecule has 0 aromatic carbocycles. The van der Waals surface area contributed by atoms with Gasteiger partial charge in [-0.1, -0.05) is 0 Å². The molecule has 0 spiro atoms. The van der Waals surface area contributed by atoms with Crippen LogP contribution in [0.25, 0.3) is 0 Å². The predicted octanol–water partition coefficient (Wildman–Crippen LogP) is -0.209. The third-order valence-corrected chi connectivity index (χ3v) is 5.18. The minimum Gasteiger partial charge on any atom is -0.381 e. The molecular weight excluding hydrogens is 228 g/mol. The van der Waals surface area contributed by atoms with Crippen molar-refractivity contribution in [3.63, 3.8) is 0 Å². The topological polar surface area (TPSA) is 58.6 Å². The number of hydrogen-bond acceptors (Lipinski definition) is 4. The maximum Gasteiger partial charge on any atom is 0.214 e. The van der Waals surface area contributed by atoms with Gasteiger partial charge in [0.1, 0.15) is 0 Å². The molecule has 2 aliphatic rings. The normalized spacial score (nSPS) is 27.2. The van der Waals surface area contributed by atoms with Crippen molar-refractivity contribution in [3.05, 3.63) is 0 Å². The van der Waals surface area contributed by atoms with Gasteiger partial charge in [0.25, 0.3) is 0 Å². The standard InChI is InChI=1S/C10H20N2O3S/c13-16(14)9-1-5-12(16)6-4-11-10-2-7-15-8-3-10/h10-11H,1-9H2. The number of sulfonamides is 1. The van der Waals surface area contributed by atoms with E-state index in [-0.39, 0.29) is 0 Å². The van der Waals surface area contributed by atoms with Crippen molar-refractivity contribution in [1.82, 2.24) is 9.62 Å². The molecule has 2 rings (SSSR count). The van der Waals surface area contributed by atoms with Crippen LogP contribution in [0, 0.1) is 0 Å². The molecule has 0 bridgehead atoms. The molecule has 16 heavy (non-hydrogen) atoms. The van der Waals surface area contributed by atoms with Crippen molar-refractivity contribution in [2.24, 2.45) is 0 Å². The lowest BCUT2D eigenvalue weighted by molar-refractivity contribution is 0.0778. The van der Waals surface area contributed by atoms with Gasteiger partial charge in [0.15, 0.2) is 0 Å². The van der Waals surface area contributed by atoms with Crippen LogP contribution in [-0.2, 0) is 14.8 Å². The molecule has 0 aliphatic carbocycles. The Morgan fingerprint density at radius 3 is 2.69 bits per heavy atom. The van der Waals surface area contributed by atoms with Crippen LogP contribution in [-0.4, -0.2) is 57.4 Å². The van der Waals surface area contributed by atoms with Crippen molar-refractivity contribution >= 4 is 10.0 Å². The Kier molecular flexibility index (Phi) is 4.18. The molecule has 0 atom stereocenters. The van der Waals surface area contributed by atoms with E-state index in [1.165, 1.54) is 0 Å². The van der Waals surface area contributed by atoms with Gasteiger partial charge in [-0.15, -0.1) is 0 Å². The Morgan fingerprint density at radius 2 is 2.06 bits per heavy atom. The Bertz CT molecular complexity index is 312. The van der Waals surface area contributed by atoms with Gasteiger partial charge < -0.3 is 10.1 Å². The second-order valence-electron chi connectivity index (χ2n) is 4.41. The van der Waals surface area contributed by atoms with Gasteiger partial charge in [0.2, 0.25) is 10.0 Å². The van der Waals surface area contributed by atoms with Gasteiger partial charge in [-0.25, -0.2) is 12.7 Å². The van der Waals surface area contributed by atoms with Crippen LogP contribution >= 0.6 is 0 Å². The summed E-state index contributed by atoms with van der Waals surface area (Å²) < 4.78 is 29.9. The molecule has 6 heteroatoms. The van der Waals surface area contributed by atoms with Gasteiger partial charge in [0, 0.05) is 38.9 Å². The summed E-state index contributed by atoms with van der Waals surface area (Å²) >= 11 is 0. The number of rotatable bonds is 4. The molecule has 1 N–H and O–H groups in total. The molecule has 2 heterocycles. The maximum atomic E-state index is 11.5. The number of nitrogens with zero attached hydrogens (tertiary/aromatic N) is 1. The van der Waals surface area contributed by atoms with Crippen molar-refractivity contribution < 1.29 is 13.2 Å². The molecule has 0 aromatic heterocycles. The van der Waals surface area contributed by atoms with Crippen LogP contribution in [0.5, 0.6) is 0 Å². The molecule has 0 aromatic rings. The van der Waals surface area contributed by atoms with Gasteiger partial charge >= 0.3 is 0 Å². The fourth-order valence-corrected chi connectivity index (χ4v) is 3.77. The van der Waals surface area contributed by atoms with Gasteiger partial charge in [-0.2, -0.15) is 0 Å². The minimum absolute atomic E-state index is 0.324. The highest BCUT2D eigenvalue weighted by atomic mass is 32.2. The first-order chi connectivity index (χ1) is 7.68. The van der Waals surface area contributed by atoms with E-state index < -0.39 is 10.0 Å². The lowest BCUT2D eigenvalue weighted by atomic mass is 10.1. The summed E-state index contributed by atoms with van der Waals surface area (Å²) in [6.45, 7) is 3.70. The van der Waals surface area contributed by atoms with Gasteiger partial charge in [-0.3, -0.25) is 0 Å². The zero-order chi connectivity index (χ0) is 11.4. The molecule has 0 amide bonds. The highest BCUT2D eigenvalue weighted by Gasteiger charge is 2.27. The van der Waals surface area contributed by atoms with E-state index in [4.69, 9.17) is 4.74 Å². The second kappa shape index (κ2) is 5.44. The molecular formula is C10H20N2O3S. The number of hydrogen-bond donors (Lipinski definition) is 1. The van der Waals surface area contributed by atoms with Gasteiger partial charge in [-0.05, 0) is 19.3 Å². The Balaban J connectivity index is 1.67. The summed E-state index contributed by atoms with van der Waals surface area (Å²) in [5, 5.41) is 3.40. The molecule has 2 saturated heterocycles. The highest BCUT2D eigenvalue weighted by molar-refractivity contribution is 7.89. The summed E-state index contributed by atoms with van der Waals surface area (Å²) in [4.78, 5) is 0. The maximum absolute atomic E-state index is 11.5. The second-order valence-corrected chi connectivity index (χ2v) is 6.50. The van der Waals surface area contributed by atoms with Crippen molar-refractivity contribution in [2.75, 3.05) is 38.6 Å². The van der Waals surface area contributed by atoms with Crippen molar-refractivity contribution in [1.29, 1.82) is 0 Å². The van der Waals surface area contributed by atoms with E-state index in [2.05, 4.69) is 5.32 Å². The molecule has 0 radical (unpaired) electrons. The molecule has 5 nitrogen and oxygen atoms in total. The van der Waals surface area contributed by atoms with E-state index in [1.807, 2.05) is 0 Å². The predicted molar refractivity (Wildman–Crippen MR) is 61.8 cm³/mol. The minimum atomic E-state index is -2.92. The summed E-state index contributed by atoms with van der Waals surface area (Å²) in [6.07, 6.45) is 2.85. The molecule has 2 aliphatic heterocycles. The zero-order valence-electron chi connectivity index (χ0n) is 9.52. The zero-order valence-corrected chi connectivity index (χ0v) is 10.3. The van der Waals surface area contributed by atoms with Gasteiger partial charge in [0.05, 0.1) is 5.75 Å². The van der Waals surface area contributed by atoms with Crippen molar-refractivity contribution in [3.8, 4) is 0 Å².